The van der Waals surface area contributed by atoms with Crippen LogP contribution in [0.2, 0.25) is 0 Å². The maximum Gasteiger partial charge on any atom is 0.347 e. The number of fused-ring (bicyclic) bond motifs is 1. The summed E-state index contributed by atoms with van der Waals surface area (Å²) >= 11 is 0. The Balaban J connectivity index is 1.28. The quantitative estimate of drug-likeness (QED) is 0.129. The normalized spacial score (nSPS) is 29.1. The van der Waals surface area contributed by atoms with Crippen molar-refractivity contribution in [2.45, 2.75) is 55.3 Å². The lowest BCUT2D eigenvalue weighted by molar-refractivity contribution is -0.674. The third-order valence-electron chi connectivity index (χ3n) is 8.45. The number of para-hydroxylation sites is 1. The van der Waals surface area contributed by atoms with Crippen LogP contribution in [0.3, 0.4) is 0 Å². The first-order valence-electron chi connectivity index (χ1n) is 13.1. The largest absolute Gasteiger partial charge is 0.492 e. The minimum atomic E-state index is -2.56. The fourth-order valence-electron chi connectivity index (χ4n) is 6.29. The van der Waals surface area contributed by atoms with Gasteiger partial charge in [-0.15, -0.1) is 0 Å². The molecule has 1 spiro atoms. The number of furan rings is 1. The Morgan fingerprint density at radius 2 is 2.00 bits per heavy atom. The van der Waals surface area contributed by atoms with Gasteiger partial charge in [0.2, 0.25) is 0 Å². The smallest absolute Gasteiger partial charge is 0.347 e. The molecule has 0 radical (unpaired) electrons. The first-order valence-corrected chi connectivity index (χ1v) is 13.1. The van der Waals surface area contributed by atoms with Crippen LogP contribution in [0, 0.1) is 0 Å². The third kappa shape index (κ3) is 3.70. The molecule has 14 heteroatoms. The number of nitrogens with zero attached hydrogens (tertiary/aromatic N) is 1. The number of nitrogens with two attached hydrogens (primary N) is 2. The first-order chi connectivity index (χ1) is 19.0. The van der Waals surface area contributed by atoms with Gasteiger partial charge in [0.25, 0.3) is 23.3 Å². The Morgan fingerprint density at radius 1 is 1.20 bits per heavy atom. The van der Waals surface area contributed by atoms with Crippen molar-refractivity contribution in [2.24, 2.45) is 11.5 Å². The molecule has 1 aromatic carbocycles. The highest BCUT2D eigenvalue weighted by Crippen LogP contribution is 2.41. The SMILES string of the molecule is CC1(C)CCOc2c(C(=O)NC3C[N+]4=C(N)N[C@@H](CNC(=O)c5ccco5)[C@@H]5[NH+]=C(N)N[C@@]54C3(O)O)cccc21. The summed E-state index contributed by atoms with van der Waals surface area (Å²) in [7, 11) is 0. The molecule has 2 aromatic rings. The van der Waals surface area contributed by atoms with Crippen LogP contribution in [-0.2, 0) is 5.41 Å². The van der Waals surface area contributed by atoms with Crippen LogP contribution in [-0.4, -0.2) is 87.8 Å². The van der Waals surface area contributed by atoms with E-state index in [-0.39, 0.29) is 36.2 Å². The maximum atomic E-state index is 13.6. The number of nitrogens with one attached hydrogen (secondary N) is 5. The van der Waals surface area contributed by atoms with Gasteiger partial charge in [-0.05, 0) is 30.0 Å². The molecule has 1 fully saturated rings. The van der Waals surface area contributed by atoms with Gasteiger partial charge in [-0.1, -0.05) is 26.0 Å². The number of benzene rings is 1. The molecule has 4 aliphatic heterocycles. The van der Waals surface area contributed by atoms with E-state index in [0.29, 0.717) is 17.9 Å². The second-order valence-electron chi connectivity index (χ2n) is 11.3. The highest BCUT2D eigenvalue weighted by atomic mass is 16.5. The Bertz CT molecular complexity index is 1430. The van der Waals surface area contributed by atoms with Gasteiger partial charge >= 0.3 is 11.9 Å². The molecule has 6 rings (SSSR count). The predicted octanol–water partition coefficient (Wildman–Crippen LogP) is -4.08. The Hall–Kier alpha value is -4.30. The van der Waals surface area contributed by atoms with Crippen LogP contribution in [0.25, 0.3) is 0 Å². The number of aliphatic hydroxyl groups is 2. The molecule has 1 unspecified atom stereocenters. The Kier molecular flexibility index (Phi) is 5.75. The summed E-state index contributed by atoms with van der Waals surface area (Å²) in [6, 6.07) is 5.89. The second-order valence-corrected chi connectivity index (χ2v) is 11.3. The van der Waals surface area contributed by atoms with Crippen LogP contribution in [0.15, 0.2) is 41.0 Å². The van der Waals surface area contributed by atoms with E-state index in [1.807, 2.05) is 6.07 Å². The van der Waals surface area contributed by atoms with Crippen molar-refractivity contribution in [2.75, 3.05) is 19.7 Å². The predicted molar refractivity (Wildman–Crippen MR) is 140 cm³/mol. The van der Waals surface area contributed by atoms with Gasteiger partial charge in [-0.3, -0.25) is 31.4 Å². The van der Waals surface area contributed by atoms with E-state index in [2.05, 4.69) is 40.1 Å². The molecule has 1 aromatic heterocycles. The molecule has 4 aliphatic rings. The van der Waals surface area contributed by atoms with Crippen molar-refractivity contribution in [3.8, 4) is 5.75 Å². The average molecular weight is 555 g/mol. The van der Waals surface area contributed by atoms with Gasteiger partial charge in [0, 0.05) is 5.56 Å². The van der Waals surface area contributed by atoms with E-state index in [0.717, 1.165) is 12.0 Å². The van der Waals surface area contributed by atoms with Crippen LogP contribution >= 0.6 is 0 Å². The fraction of sp³-hybridized carbons (Fsp3) is 0.462. The lowest BCUT2D eigenvalue weighted by Crippen LogP contribution is -2.92. The molecule has 0 bridgehead atoms. The van der Waals surface area contributed by atoms with Crippen LogP contribution < -0.4 is 42.5 Å². The molecular weight excluding hydrogens is 520 g/mol. The number of carbonyl (C=O) groups excluding carboxylic acids is 2. The van der Waals surface area contributed by atoms with Crippen molar-refractivity contribution in [1.82, 2.24) is 21.3 Å². The number of amides is 2. The molecule has 40 heavy (non-hydrogen) atoms. The number of rotatable bonds is 5. The van der Waals surface area contributed by atoms with Gasteiger partial charge in [0.15, 0.2) is 11.8 Å². The van der Waals surface area contributed by atoms with E-state index in [1.54, 1.807) is 18.2 Å². The van der Waals surface area contributed by atoms with E-state index in [9.17, 15) is 19.8 Å². The standard InChI is InChI=1S/C26H32N8O6/c1-24(2)8-10-40-18-13(5-3-6-14(18)24)20(35)31-17-12-34-23(28)30-15(11-29-21(36)16-7-4-9-39-16)19-25(34,26(17,37)38)33-22(27)32-19/h3-7,9,15,17,19,37-38H,8,10-12H2,1-2H3,(H7,27,28,29,30,31,32,33,35,36)/p+2/t15-,17?,19-,25-/m0/s1. The Morgan fingerprint density at radius 3 is 2.75 bits per heavy atom. The van der Waals surface area contributed by atoms with Crippen molar-refractivity contribution in [1.29, 1.82) is 0 Å². The minimum Gasteiger partial charge on any atom is -0.492 e. The minimum absolute atomic E-state index is 0.0405. The zero-order valence-electron chi connectivity index (χ0n) is 22.2. The summed E-state index contributed by atoms with van der Waals surface area (Å²) in [4.78, 5) is 29.1. The zero-order chi connectivity index (χ0) is 28.4. The monoisotopic (exact) mass is 554 g/mol. The summed E-state index contributed by atoms with van der Waals surface area (Å²) in [5.41, 5.74) is 11.9. The number of ether oxygens (including phenoxy) is 1. The molecule has 11 N–H and O–H groups in total. The van der Waals surface area contributed by atoms with Gasteiger partial charge in [0.05, 0.1) is 31.5 Å². The Labute approximate surface area is 229 Å². The number of hydrogen-bond donors (Lipinski definition) is 9. The first kappa shape index (κ1) is 26.0. The van der Waals surface area contributed by atoms with E-state index in [1.165, 1.54) is 16.9 Å². The number of hydrogen-bond acceptors (Lipinski definition) is 10. The summed E-state index contributed by atoms with van der Waals surface area (Å²) < 4.78 is 12.6. The molecule has 4 atom stereocenters. The number of carbonyl (C=O) groups is 2. The molecule has 212 valence electrons. The van der Waals surface area contributed by atoms with Crippen molar-refractivity contribution < 1.29 is 38.5 Å². The second kappa shape index (κ2) is 8.86. The summed E-state index contributed by atoms with van der Waals surface area (Å²) in [6.07, 6.45) is 2.20. The highest BCUT2D eigenvalue weighted by Gasteiger charge is 2.78. The van der Waals surface area contributed by atoms with Crippen molar-refractivity contribution in [3.63, 3.8) is 0 Å². The average Bonchev–Trinajstić information content (AvgIpc) is 3.61. The maximum absolute atomic E-state index is 13.6. The van der Waals surface area contributed by atoms with E-state index < -0.39 is 41.4 Å². The molecular formula is C26H34N8O6+2. The topological polar surface area (TPSA) is 214 Å². The molecule has 2 amide bonds. The number of guanidine groups is 2. The van der Waals surface area contributed by atoms with Gasteiger partial charge in [0.1, 0.15) is 17.8 Å². The van der Waals surface area contributed by atoms with Crippen LogP contribution in [0.1, 0.15) is 46.7 Å². The lowest BCUT2D eigenvalue weighted by Gasteiger charge is -2.41. The molecule has 5 heterocycles. The van der Waals surface area contributed by atoms with E-state index >= 15 is 0 Å². The van der Waals surface area contributed by atoms with Crippen LogP contribution in [0.4, 0.5) is 0 Å². The van der Waals surface area contributed by atoms with Crippen LogP contribution in [0.5, 0.6) is 5.75 Å². The molecule has 0 saturated carbocycles. The zero-order valence-corrected chi connectivity index (χ0v) is 22.2. The molecule has 1 saturated heterocycles. The van der Waals surface area contributed by atoms with E-state index in [4.69, 9.17) is 20.6 Å². The van der Waals surface area contributed by atoms with Crippen molar-refractivity contribution >= 4 is 23.7 Å². The molecule has 14 nitrogen and oxygen atoms in total. The summed E-state index contributed by atoms with van der Waals surface area (Å²) in [5, 5.41) is 35.0. The molecule has 0 aliphatic carbocycles. The van der Waals surface area contributed by atoms with Gasteiger partial charge < -0.3 is 30.0 Å². The lowest BCUT2D eigenvalue weighted by atomic mass is 9.79. The third-order valence-corrected chi connectivity index (χ3v) is 8.45. The van der Waals surface area contributed by atoms with Gasteiger partial charge in [-0.25, -0.2) is 9.89 Å². The summed E-state index contributed by atoms with van der Waals surface area (Å²) in [6.45, 7) is 4.64. The highest BCUT2D eigenvalue weighted by molar-refractivity contribution is 5.98. The van der Waals surface area contributed by atoms with Crippen molar-refractivity contribution in [3.05, 3.63) is 53.5 Å². The fourth-order valence-corrected chi connectivity index (χ4v) is 6.29. The summed E-state index contributed by atoms with van der Waals surface area (Å²) in [5.74, 6) is -2.71. The van der Waals surface area contributed by atoms with Gasteiger partial charge in [-0.2, -0.15) is 0 Å².